The van der Waals surface area contributed by atoms with E-state index in [1.165, 1.54) is 50.4 Å². The Balaban J connectivity index is 1.62. The second-order valence-electron chi connectivity index (χ2n) is 8.62. The fraction of sp³-hybridized carbons (Fsp3) is 0.280. The Morgan fingerprint density at radius 2 is 1.79 bits per heavy atom. The van der Waals surface area contributed by atoms with Crippen molar-refractivity contribution in [3.05, 3.63) is 77.7 Å². The highest BCUT2D eigenvalue weighted by molar-refractivity contribution is 6.00. The molecule has 0 aliphatic carbocycles. The number of hydrogen-bond donors (Lipinski definition) is 2. The zero-order valence-corrected chi connectivity index (χ0v) is 18.5. The van der Waals surface area contributed by atoms with Gasteiger partial charge < -0.3 is 19.9 Å². The minimum atomic E-state index is -3.03. The number of aromatic nitrogens is 1. The lowest BCUT2D eigenvalue weighted by molar-refractivity contribution is -0.139. The van der Waals surface area contributed by atoms with Crippen LogP contribution in [0.2, 0.25) is 0 Å². The smallest absolute Gasteiger partial charge is 0.388 e. The lowest BCUT2D eigenvalue weighted by atomic mass is 9.77. The van der Waals surface area contributed by atoms with E-state index in [-0.39, 0.29) is 25.0 Å². The Morgan fingerprint density at radius 1 is 1.15 bits per heavy atom. The molecule has 1 fully saturated rings. The van der Waals surface area contributed by atoms with Crippen LogP contribution in [-0.4, -0.2) is 35.8 Å². The third kappa shape index (κ3) is 4.76. The minimum absolute atomic E-state index is 0.190. The minimum Gasteiger partial charge on any atom is -0.417 e. The van der Waals surface area contributed by atoms with E-state index in [9.17, 15) is 23.1 Å². The van der Waals surface area contributed by atoms with Crippen LogP contribution in [0.4, 0.5) is 18.9 Å². The molecule has 1 amide bonds. The first kappa shape index (κ1) is 23.7. The van der Waals surface area contributed by atoms with E-state index < -0.39 is 23.4 Å². The Bertz CT molecular complexity index is 1170. The molecule has 0 unspecified atom stereocenters. The molecule has 9 heteroatoms. The molecule has 2 aromatic carbocycles. The van der Waals surface area contributed by atoms with Crippen molar-refractivity contribution in [1.29, 1.82) is 0 Å². The average Bonchev–Trinajstić information content (AvgIpc) is 2.74. The molecule has 4 rings (SSSR count). The van der Waals surface area contributed by atoms with Gasteiger partial charge in [0.2, 0.25) is 11.8 Å². The first-order chi connectivity index (χ1) is 16.1. The predicted octanol–water partition coefficient (Wildman–Crippen LogP) is 4.62. The second-order valence-corrected chi connectivity index (χ2v) is 8.62. The number of aliphatic hydroxyl groups is 1. The summed E-state index contributed by atoms with van der Waals surface area (Å²) in [7, 11) is 0. The molecule has 1 aliphatic rings. The van der Waals surface area contributed by atoms with E-state index in [1.54, 1.807) is 24.3 Å². The molecule has 0 saturated carbocycles. The van der Waals surface area contributed by atoms with Crippen LogP contribution in [0.1, 0.15) is 25.0 Å². The number of ether oxygens (including phenoxy) is 2. The van der Waals surface area contributed by atoms with Crippen molar-refractivity contribution in [3.63, 3.8) is 0 Å². The molecule has 0 bridgehead atoms. The highest BCUT2D eigenvalue weighted by Gasteiger charge is 2.47. The maximum Gasteiger partial charge on any atom is 0.388 e. The number of carbonyl (C=O) groups excluding carboxylic acids is 1. The maximum atomic E-state index is 13.2. The molecule has 1 aromatic heterocycles. The number of carbonyl (C=O) groups is 1. The summed E-state index contributed by atoms with van der Waals surface area (Å²) in [5.74, 6) is -0.968. The van der Waals surface area contributed by atoms with E-state index in [0.717, 1.165) is 5.56 Å². The van der Waals surface area contributed by atoms with Crippen LogP contribution >= 0.6 is 0 Å². The quantitative estimate of drug-likeness (QED) is 0.525. The Labute approximate surface area is 194 Å². The molecule has 0 radical (unpaired) electrons. The fourth-order valence-electron chi connectivity index (χ4n) is 3.82. The molecule has 6 nitrogen and oxygen atoms in total. The molecular weight excluding hydrogens is 449 g/mol. The van der Waals surface area contributed by atoms with E-state index in [1.807, 2.05) is 0 Å². The summed E-state index contributed by atoms with van der Waals surface area (Å²) in [5.41, 5.74) is 0.510. The van der Waals surface area contributed by atoms with Crippen LogP contribution in [0, 0.1) is 5.82 Å². The Kier molecular flexibility index (Phi) is 6.33. The van der Waals surface area contributed by atoms with Crippen LogP contribution in [0.5, 0.6) is 5.88 Å². The number of halogens is 3. The van der Waals surface area contributed by atoms with Crippen molar-refractivity contribution in [2.45, 2.75) is 31.5 Å². The van der Waals surface area contributed by atoms with E-state index in [2.05, 4.69) is 15.0 Å². The van der Waals surface area contributed by atoms with Gasteiger partial charge in [-0.15, -0.1) is 0 Å². The molecule has 178 valence electrons. The highest BCUT2D eigenvalue weighted by atomic mass is 19.3. The summed E-state index contributed by atoms with van der Waals surface area (Å²) in [6.07, 6.45) is 1.36. The number of nitrogens with zero attached hydrogens (tertiary/aromatic N) is 1. The van der Waals surface area contributed by atoms with Crippen LogP contribution in [0.15, 0.2) is 60.8 Å². The topological polar surface area (TPSA) is 80.7 Å². The van der Waals surface area contributed by atoms with Gasteiger partial charge in [0.25, 0.3) is 0 Å². The number of benzene rings is 2. The zero-order valence-electron chi connectivity index (χ0n) is 18.5. The summed E-state index contributed by atoms with van der Waals surface area (Å²) < 4.78 is 48.1. The van der Waals surface area contributed by atoms with Crippen molar-refractivity contribution in [2.75, 3.05) is 18.5 Å². The van der Waals surface area contributed by atoms with Gasteiger partial charge in [0.1, 0.15) is 11.2 Å². The monoisotopic (exact) mass is 472 g/mol. The van der Waals surface area contributed by atoms with Gasteiger partial charge in [-0.3, -0.25) is 4.79 Å². The molecule has 2 heterocycles. The lowest BCUT2D eigenvalue weighted by Gasteiger charge is -2.40. The van der Waals surface area contributed by atoms with Crippen molar-refractivity contribution in [3.8, 4) is 17.0 Å². The number of pyridine rings is 1. The number of anilines is 1. The van der Waals surface area contributed by atoms with Crippen LogP contribution < -0.4 is 10.1 Å². The van der Waals surface area contributed by atoms with Crippen molar-refractivity contribution in [2.24, 2.45) is 0 Å². The predicted molar refractivity (Wildman–Crippen MR) is 119 cm³/mol. The molecule has 3 aromatic rings. The van der Waals surface area contributed by atoms with Gasteiger partial charge in [-0.2, -0.15) is 8.78 Å². The largest absolute Gasteiger partial charge is 0.417 e. The molecule has 2 N–H and O–H groups in total. The second kappa shape index (κ2) is 9.08. The Hall–Kier alpha value is -3.43. The zero-order chi connectivity index (χ0) is 24.5. The Morgan fingerprint density at radius 3 is 2.32 bits per heavy atom. The van der Waals surface area contributed by atoms with Crippen molar-refractivity contribution >= 4 is 11.6 Å². The van der Waals surface area contributed by atoms with Gasteiger partial charge >= 0.3 is 6.61 Å². The third-order valence-electron chi connectivity index (χ3n) is 5.73. The van der Waals surface area contributed by atoms with Crippen LogP contribution in [-0.2, 0) is 20.5 Å². The summed E-state index contributed by atoms with van der Waals surface area (Å²) >= 11 is 0. The van der Waals surface area contributed by atoms with Crippen LogP contribution in [0.3, 0.4) is 0 Å². The van der Waals surface area contributed by atoms with E-state index in [0.29, 0.717) is 22.4 Å². The average molecular weight is 472 g/mol. The van der Waals surface area contributed by atoms with Crippen LogP contribution in [0.25, 0.3) is 11.1 Å². The molecular formula is C25H23F3N2O4. The molecule has 1 aliphatic heterocycles. The molecule has 0 spiro atoms. The fourth-order valence-corrected chi connectivity index (χ4v) is 3.82. The van der Waals surface area contributed by atoms with Crippen molar-refractivity contribution < 1.29 is 32.5 Å². The number of nitrogens with one attached hydrogen (secondary N) is 1. The van der Waals surface area contributed by atoms with Gasteiger partial charge in [0.15, 0.2) is 0 Å². The molecule has 34 heavy (non-hydrogen) atoms. The summed E-state index contributed by atoms with van der Waals surface area (Å²) in [4.78, 5) is 17.0. The molecule has 0 atom stereocenters. The normalized spacial score (nSPS) is 15.0. The van der Waals surface area contributed by atoms with Crippen molar-refractivity contribution in [1.82, 2.24) is 4.98 Å². The number of rotatable bonds is 7. The summed E-state index contributed by atoms with van der Waals surface area (Å²) in [6.45, 7) is 0.416. The van der Waals surface area contributed by atoms with Gasteiger partial charge in [-0.25, -0.2) is 9.37 Å². The lowest BCUT2D eigenvalue weighted by Crippen LogP contribution is -2.55. The van der Waals surface area contributed by atoms with E-state index in [4.69, 9.17) is 4.74 Å². The number of amides is 1. The maximum absolute atomic E-state index is 13.2. The van der Waals surface area contributed by atoms with E-state index >= 15 is 0 Å². The summed E-state index contributed by atoms with van der Waals surface area (Å²) in [6, 6.07) is 13.9. The summed E-state index contributed by atoms with van der Waals surface area (Å²) in [5, 5.41) is 13.4. The molecule has 1 saturated heterocycles. The van der Waals surface area contributed by atoms with Gasteiger partial charge in [-0.05, 0) is 54.8 Å². The SMILES string of the molecule is CC(C)(O)c1cc(OC(F)F)ncc1-c1ccc(C2(C(=O)Nc3ccc(F)cc3)COC2)cc1. The van der Waals surface area contributed by atoms with Gasteiger partial charge in [-0.1, -0.05) is 24.3 Å². The first-order valence-corrected chi connectivity index (χ1v) is 10.5. The highest BCUT2D eigenvalue weighted by Crippen LogP contribution is 2.37. The number of alkyl halides is 2. The third-order valence-corrected chi connectivity index (χ3v) is 5.73. The van der Waals surface area contributed by atoms with Gasteiger partial charge in [0.05, 0.1) is 18.8 Å². The standard InChI is InChI=1S/C25H23F3N2O4/c1-24(2,32)20-11-21(34-23(27)28)29-12-19(20)15-3-5-16(6-4-15)25(13-33-14-25)22(31)30-18-9-7-17(26)8-10-18/h3-12,23,32H,13-14H2,1-2H3,(H,30,31). The number of hydrogen-bond acceptors (Lipinski definition) is 5. The first-order valence-electron chi connectivity index (χ1n) is 10.5. The van der Waals surface area contributed by atoms with Gasteiger partial charge in [0, 0.05) is 23.5 Å².